The second kappa shape index (κ2) is 8.07. The van der Waals surface area contributed by atoms with Crippen molar-refractivity contribution in [2.24, 2.45) is 23.2 Å². The van der Waals surface area contributed by atoms with Gasteiger partial charge in [0.15, 0.2) is 0 Å². The van der Waals surface area contributed by atoms with Crippen molar-refractivity contribution in [2.75, 3.05) is 19.8 Å². The van der Waals surface area contributed by atoms with E-state index in [9.17, 15) is 9.90 Å². The van der Waals surface area contributed by atoms with Crippen LogP contribution in [-0.4, -0.2) is 53.6 Å². The van der Waals surface area contributed by atoms with Crippen molar-refractivity contribution >= 4 is 6.09 Å². The minimum absolute atomic E-state index is 0.0445. The van der Waals surface area contributed by atoms with Crippen molar-refractivity contribution in [1.29, 1.82) is 0 Å². The van der Waals surface area contributed by atoms with Crippen LogP contribution in [0.1, 0.15) is 68.4 Å². The summed E-state index contributed by atoms with van der Waals surface area (Å²) < 4.78 is 12.0. The van der Waals surface area contributed by atoms with Crippen LogP contribution in [0.15, 0.2) is 48.5 Å². The molecule has 2 atom stereocenters. The first-order valence-electron chi connectivity index (χ1n) is 14.5. The highest BCUT2D eigenvalue weighted by Gasteiger charge is 2.63. The maximum absolute atomic E-state index is 13.6. The van der Waals surface area contributed by atoms with Gasteiger partial charge in [-0.3, -0.25) is 4.90 Å². The molecule has 2 aromatic carbocycles. The molecule has 4 saturated carbocycles. The van der Waals surface area contributed by atoms with Gasteiger partial charge in [0.25, 0.3) is 0 Å². The third-order valence-corrected chi connectivity index (χ3v) is 11.1. The molecule has 0 spiro atoms. The molecule has 2 heterocycles. The number of carbonyl (C=O) groups is 1. The van der Waals surface area contributed by atoms with E-state index in [0.29, 0.717) is 32.7 Å². The Hall–Kier alpha value is -2.37. The zero-order chi connectivity index (χ0) is 24.8. The summed E-state index contributed by atoms with van der Waals surface area (Å²) in [6.07, 6.45) is 8.67. The standard InChI is InChI=1S/C32H37NO4/c34-30(37-19-29-27-7-3-1-5-25(27)26-6-2-4-8-28(26)29)33-23-15-32(35,16-24(33)18-36-17-23)31-12-20-9-21(13-31)11-22(10-20)14-31/h1-8,20-24,29,35H,9-19H2. The largest absolute Gasteiger partial charge is 0.448 e. The molecule has 1 N–H and O–H groups in total. The lowest BCUT2D eigenvalue weighted by atomic mass is 9.43. The van der Waals surface area contributed by atoms with Crippen molar-refractivity contribution in [3.8, 4) is 11.1 Å². The van der Waals surface area contributed by atoms with E-state index in [1.807, 2.05) is 4.90 Å². The summed E-state index contributed by atoms with van der Waals surface area (Å²) in [5.74, 6) is 2.45. The summed E-state index contributed by atoms with van der Waals surface area (Å²) in [4.78, 5) is 15.6. The minimum atomic E-state index is -0.692. The maximum Gasteiger partial charge on any atom is 0.410 e. The molecule has 2 saturated heterocycles. The Labute approximate surface area is 219 Å². The average Bonchev–Trinajstić information content (AvgIpc) is 3.20. The van der Waals surface area contributed by atoms with Crippen LogP contribution in [0.4, 0.5) is 4.79 Å². The fraction of sp³-hybridized carbons (Fsp3) is 0.594. The molecule has 5 heteroatoms. The predicted octanol–water partition coefficient (Wildman–Crippen LogP) is 5.75. The van der Waals surface area contributed by atoms with Crippen molar-refractivity contribution in [3.63, 3.8) is 0 Å². The van der Waals surface area contributed by atoms with Gasteiger partial charge >= 0.3 is 6.09 Å². The van der Waals surface area contributed by atoms with Crippen LogP contribution in [-0.2, 0) is 9.47 Å². The van der Waals surface area contributed by atoms with Crippen LogP contribution in [0.3, 0.4) is 0 Å². The molecule has 6 bridgehead atoms. The summed E-state index contributed by atoms with van der Waals surface area (Å²) in [5.41, 5.74) is 4.29. The van der Waals surface area contributed by atoms with Gasteiger partial charge in [-0.25, -0.2) is 4.79 Å². The number of hydrogen-bond acceptors (Lipinski definition) is 4. The predicted molar refractivity (Wildman–Crippen MR) is 140 cm³/mol. The summed E-state index contributed by atoms with van der Waals surface area (Å²) in [6, 6.07) is 16.7. The number of carbonyl (C=O) groups excluding carboxylic acids is 1. The lowest BCUT2D eigenvalue weighted by molar-refractivity contribution is -0.226. The molecular weight excluding hydrogens is 462 g/mol. The van der Waals surface area contributed by atoms with E-state index in [4.69, 9.17) is 9.47 Å². The van der Waals surface area contributed by atoms with E-state index in [1.54, 1.807) is 0 Å². The van der Waals surface area contributed by atoms with Crippen LogP contribution in [0.5, 0.6) is 0 Å². The van der Waals surface area contributed by atoms with E-state index in [2.05, 4.69) is 48.5 Å². The number of benzene rings is 2. The normalized spacial score (nSPS) is 39.4. The second-order valence-corrected chi connectivity index (χ2v) is 13.2. The summed E-state index contributed by atoms with van der Waals surface area (Å²) in [6.45, 7) is 1.33. The molecule has 194 valence electrons. The molecule has 6 fully saturated rings. The van der Waals surface area contributed by atoms with Crippen LogP contribution >= 0.6 is 0 Å². The van der Waals surface area contributed by atoms with Gasteiger partial charge in [-0.2, -0.15) is 0 Å². The Morgan fingerprint density at radius 2 is 1.35 bits per heavy atom. The number of fused-ring (bicyclic) bond motifs is 5. The highest BCUT2D eigenvalue weighted by atomic mass is 16.6. The number of aliphatic hydroxyl groups is 1. The molecule has 7 aliphatic rings. The molecule has 9 rings (SSSR count). The monoisotopic (exact) mass is 499 g/mol. The molecule has 37 heavy (non-hydrogen) atoms. The number of piperidine rings is 1. The minimum Gasteiger partial charge on any atom is -0.448 e. The van der Waals surface area contributed by atoms with Crippen LogP contribution in [0.2, 0.25) is 0 Å². The Kier molecular flexibility index (Phi) is 4.93. The first-order chi connectivity index (χ1) is 18.0. The first-order valence-corrected chi connectivity index (χ1v) is 14.5. The van der Waals surface area contributed by atoms with Crippen LogP contribution in [0.25, 0.3) is 11.1 Å². The molecule has 0 aromatic heterocycles. The SMILES string of the molecule is O=C(OCC1c2ccccc2-c2ccccc21)N1C2COCC1CC(O)(C13CC4CC(CC(C4)C1)C3)C2. The number of rotatable bonds is 3. The smallest absolute Gasteiger partial charge is 0.410 e. The number of amides is 1. The van der Waals surface area contributed by atoms with Gasteiger partial charge in [-0.1, -0.05) is 48.5 Å². The van der Waals surface area contributed by atoms with Gasteiger partial charge in [0, 0.05) is 11.3 Å². The van der Waals surface area contributed by atoms with Crippen LogP contribution < -0.4 is 0 Å². The zero-order valence-corrected chi connectivity index (χ0v) is 21.5. The molecule has 2 aliphatic heterocycles. The maximum atomic E-state index is 13.6. The van der Waals surface area contributed by atoms with Gasteiger partial charge in [0.2, 0.25) is 0 Å². The quantitative estimate of drug-likeness (QED) is 0.585. The molecule has 5 aliphatic carbocycles. The Bertz CT molecular complexity index is 1140. The van der Waals surface area contributed by atoms with E-state index in [0.717, 1.165) is 17.8 Å². The highest BCUT2D eigenvalue weighted by Crippen LogP contribution is 2.66. The van der Waals surface area contributed by atoms with Crippen molar-refractivity contribution in [3.05, 3.63) is 59.7 Å². The zero-order valence-electron chi connectivity index (χ0n) is 21.5. The fourth-order valence-electron chi connectivity index (χ4n) is 10.1. The molecule has 5 nitrogen and oxygen atoms in total. The first kappa shape index (κ1) is 22.6. The third-order valence-electron chi connectivity index (χ3n) is 11.1. The summed E-state index contributed by atoms with van der Waals surface area (Å²) in [5, 5.41) is 12.3. The molecular formula is C32H37NO4. The number of nitrogens with zero attached hydrogens (tertiary/aromatic N) is 1. The number of ether oxygens (including phenoxy) is 2. The van der Waals surface area contributed by atoms with E-state index >= 15 is 0 Å². The van der Waals surface area contributed by atoms with Crippen molar-refractivity contribution in [1.82, 2.24) is 4.90 Å². The topological polar surface area (TPSA) is 59.0 Å². The summed E-state index contributed by atoms with van der Waals surface area (Å²) >= 11 is 0. The van der Waals surface area contributed by atoms with Gasteiger partial charge in [0.1, 0.15) is 6.61 Å². The highest BCUT2D eigenvalue weighted by molar-refractivity contribution is 5.79. The molecule has 1 amide bonds. The third kappa shape index (κ3) is 3.32. The second-order valence-electron chi connectivity index (χ2n) is 13.2. The van der Waals surface area contributed by atoms with E-state index in [-0.39, 0.29) is 29.5 Å². The fourth-order valence-corrected chi connectivity index (χ4v) is 10.1. The Morgan fingerprint density at radius 1 is 0.838 bits per heavy atom. The lowest BCUT2D eigenvalue weighted by Crippen LogP contribution is -2.69. The summed E-state index contributed by atoms with van der Waals surface area (Å²) in [7, 11) is 0. The van der Waals surface area contributed by atoms with Gasteiger partial charge in [-0.15, -0.1) is 0 Å². The average molecular weight is 500 g/mol. The van der Waals surface area contributed by atoms with Gasteiger partial charge in [0.05, 0.1) is 30.9 Å². The molecule has 2 unspecified atom stereocenters. The van der Waals surface area contributed by atoms with Crippen LogP contribution in [0, 0.1) is 23.2 Å². The lowest BCUT2D eigenvalue weighted by Gasteiger charge is -2.65. The number of hydrogen-bond donors (Lipinski definition) is 1. The number of morpholine rings is 1. The van der Waals surface area contributed by atoms with Gasteiger partial charge in [-0.05, 0) is 91.4 Å². The van der Waals surface area contributed by atoms with E-state index in [1.165, 1.54) is 60.8 Å². The molecule has 2 aromatic rings. The van der Waals surface area contributed by atoms with Crippen molar-refractivity contribution < 1.29 is 19.4 Å². The molecule has 0 radical (unpaired) electrons. The van der Waals surface area contributed by atoms with Gasteiger partial charge < -0.3 is 14.6 Å². The Balaban J connectivity index is 1.02. The van der Waals surface area contributed by atoms with Crippen molar-refractivity contribution in [2.45, 2.75) is 75.0 Å². The Morgan fingerprint density at radius 3 is 1.89 bits per heavy atom. The van der Waals surface area contributed by atoms with E-state index < -0.39 is 5.60 Å².